The molecule has 2 atom stereocenters. The van der Waals surface area contributed by atoms with Crippen molar-refractivity contribution in [2.24, 2.45) is 0 Å². The molecule has 0 saturated heterocycles. The first kappa shape index (κ1) is 25.5. The Hall–Kier alpha value is -3.61. The van der Waals surface area contributed by atoms with Gasteiger partial charge in [-0.3, -0.25) is 4.79 Å². The molecule has 1 heterocycles. The quantitative estimate of drug-likeness (QED) is 0.435. The lowest BCUT2D eigenvalue weighted by molar-refractivity contribution is -0.274. The van der Waals surface area contributed by atoms with Crippen LogP contribution in [0, 0.1) is 17.1 Å². The maximum atomic E-state index is 14.5. The SMILES string of the molecule is CC(c1ccc(-c2cc(C#N)ccc2F)cc1Cl)C(O)(c1ccc2c(c1)N(C)C(=O)CO2)C(F)(F)F. The van der Waals surface area contributed by atoms with Crippen molar-refractivity contribution in [1.82, 2.24) is 0 Å². The van der Waals surface area contributed by atoms with E-state index in [-0.39, 0.29) is 45.3 Å². The molecule has 0 aromatic heterocycles. The van der Waals surface area contributed by atoms with E-state index in [4.69, 9.17) is 21.6 Å². The van der Waals surface area contributed by atoms with E-state index >= 15 is 0 Å². The van der Waals surface area contributed by atoms with Crippen LogP contribution in [0.3, 0.4) is 0 Å². The van der Waals surface area contributed by atoms with E-state index in [0.29, 0.717) is 0 Å². The number of anilines is 1. The molecular weight excluding hydrogens is 500 g/mol. The van der Waals surface area contributed by atoms with Crippen molar-refractivity contribution in [3.8, 4) is 22.9 Å². The highest BCUT2D eigenvalue weighted by molar-refractivity contribution is 6.31. The first-order chi connectivity index (χ1) is 16.9. The number of nitrogens with zero attached hydrogens (tertiary/aromatic N) is 2. The molecule has 0 spiro atoms. The van der Waals surface area contributed by atoms with Crippen LogP contribution in [-0.2, 0) is 10.4 Å². The Morgan fingerprint density at radius 2 is 1.86 bits per heavy atom. The fourth-order valence-corrected chi connectivity index (χ4v) is 4.60. The van der Waals surface area contributed by atoms with E-state index in [1.807, 2.05) is 6.07 Å². The Bertz CT molecular complexity index is 1400. The van der Waals surface area contributed by atoms with Gasteiger partial charge in [-0.1, -0.05) is 36.7 Å². The van der Waals surface area contributed by atoms with Crippen LogP contribution in [0.4, 0.5) is 23.2 Å². The van der Waals surface area contributed by atoms with E-state index in [1.165, 1.54) is 50.4 Å². The summed E-state index contributed by atoms with van der Waals surface area (Å²) in [5.74, 6) is -2.47. The molecule has 0 aliphatic carbocycles. The van der Waals surface area contributed by atoms with Gasteiger partial charge in [0.25, 0.3) is 5.91 Å². The van der Waals surface area contributed by atoms with Gasteiger partial charge in [-0.05, 0) is 53.1 Å². The molecule has 3 aromatic rings. The summed E-state index contributed by atoms with van der Waals surface area (Å²) >= 11 is 6.36. The third-order valence-electron chi connectivity index (χ3n) is 6.42. The van der Waals surface area contributed by atoms with Crippen molar-refractivity contribution in [1.29, 1.82) is 5.26 Å². The van der Waals surface area contributed by atoms with E-state index in [2.05, 4.69) is 0 Å². The summed E-state index contributed by atoms with van der Waals surface area (Å²) in [6, 6.07) is 13.0. The second-order valence-electron chi connectivity index (χ2n) is 8.45. The summed E-state index contributed by atoms with van der Waals surface area (Å²) < 4.78 is 63.0. The molecule has 1 N–H and O–H groups in total. The molecule has 4 rings (SSSR count). The lowest BCUT2D eigenvalue weighted by atomic mass is 9.77. The number of ether oxygens (including phenoxy) is 1. The zero-order valence-electron chi connectivity index (χ0n) is 19.0. The molecule has 10 heteroatoms. The van der Waals surface area contributed by atoms with Gasteiger partial charge < -0.3 is 14.7 Å². The third-order valence-corrected chi connectivity index (χ3v) is 6.75. The molecule has 1 amide bonds. The van der Waals surface area contributed by atoms with Crippen molar-refractivity contribution in [2.45, 2.75) is 24.6 Å². The number of benzene rings is 3. The summed E-state index contributed by atoms with van der Waals surface area (Å²) in [6.07, 6.45) is -5.13. The average molecular weight is 519 g/mol. The second-order valence-corrected chi connectivity index (χ2v) is 8.86. The molecule has 1 aliphatic rings. The minimum absolute atomic E-state index is 0.0320. The molecule has 3 aromatic carbocycles. The number of rotatable bonds is 4. The molecule has 36 heavy (non-hydrogen) atoms. The van der Waals surface area contributed by atoms with Crippen LogP contribution in [0.25, 0.3) is 11.1 Å². The zero-order valence-corrected chi connectivity index (χ0v) is 19.8. The predicted octanol–water partition coefficient (Wildman–Crippen LogP) is 5.93. The highest BCUT2D eigenvalue weighted by Gasteiger charge is 2.59. The highest BCUT2D eigenvalue weighted by atomic mass is 35.5. The van der Waals surface area contributed by atoms with Crippen molar-refractivity contribution in [3.05, 3.63) is 82.1 Å². The Morgan fingerprint density at radius 1 is 1.14 bits per heavy atom. The molecule has 0 radical (unpaired) electrons. The van der Waals surface area contributed by atoms with E-state index in [0.717, 1.165) is 23.1 Å². The molecule has 2 unspecified atom stereocenters. The summed E-state index contributed by atoms with van der Waals surface area (Å²) in [4.78, 5) is 13.1. The maximum absolute atomic E-state index is 14.5. The summed E-state index contributed by atoms with van der Waals surface area (Å²) in [7, 11) is 1.40. The number of halogens is 5. The first-order valence-corrected chi connectivity index (χ1v) is 11.1. The van der Waals surface area contributed by atoms with Crippen molar-refractivity contribution in [2.75, 3.05) is 18.6 Å². The van der Waals surface area contributed by atoms with E-state index in [1.54, 1.807) is 0 Å². The number of amides is 1. The number of carbonyl (C=O) groups excluding carboxylic acids is 1. The van der Waals surface area contributed by atoms with E-state index in [9.17, 15) is 27.5 Å². The van der Waals surface area contributed by atoms with Gasteiger partial charge in [-0.15, -0.1) is 0 Å². The summed E-state index contributed by atoms with van der Waals surface area (Å²) in [6.45, 7) is 0.929. The van der Waals surface area contributed by atoms with Gasteiger partial charge in [0.2, 0.25) is 0 Å². The normalized spacial score (nSPS) is 16.0. The standard InChI is InChI=1S/C26H19ClF4N2O3/c1-14(18-6-4-16(10-20(18)27)19-9-15(12-32)3-7-21(19)28)25(35,26(29,30)31)17-5-8-23-22(11-17)33(2)24(34)13-36-23/h3-11,14,35H,13H2,1-2H3. The molecule has 0 saturated carbocycles. The fourth-order valence-electron chi connectivity index (χ4n) is 4.26. The zero-order chi connectivity index (χ0) is 26.4. The number of hydrogen-bond acceptors (Lipinski definition) is 4. The van der Waals surface area contributed by atoms with Gasteiger partial charge in [-0.25, -0.2) is 4.39 Å². The molecule has 1 aliphatic heterocycles. The number of hydrogen-bond donors (Lipinski definition) is 1. The average Bonchev–Trinajstić information content (AvgIpc) is 2.84. The van der Waals surface area contributed by atoms with Crippen LogP contribution < -0.4 is 9.64 Å². The minimum atomic E-state index is -5.13. The van der Waals surface area contributed by atoms with Gasteiger partial charge in [0.15, 0.2) is 12.2 Å². The van der Waals surface area contributed by atoms with Gasteiger partial charge in [0.1, 0.15) is 11.6 Å². The second kappa shape index (κ2) is 9.12. The summed E-state index contributed by atoms with van der Waals surface area (Å²) in [5, 5.41) is 20.2. The number of alkyl halides is 3. The summed E-state index contributed by atoms with van der Waals surface area (Å²) in [5.41, 5.74) is -3.31. The Kier molecular flexibility index (Phi) is 6.45. The highest BCUT2D eigenvalue weighted by Crippen LogP contribution is 2.51. The van der Waals surface area contributed by atoms with Crippen LogP contribution in [0.1, 0.15) is 29.5 Å². The number of nitriles is 1. The van der Waals surface area contributed by atoms with Crippen LogP contribution in [0.2, 0.25) is 5.02 Å². The Labute approximate surface area is 209 Å². The van der Waals surface area contributed by atoms with Crippen LogP contribution >= 0.6 is 11.6 Å². The van der Waals surface area contributed by atoms with Crippen LogP contribution in [0.15, 0.2) is 54.6 Å². The van der Waals surface area contributed by atoms with Crippen LogP contribution in [0.5, 0.6) is 5.75 Å². The molecule has 0 fully saturated rings. The van der Waals surface area contributed by atoms with Crippen molar-refractivity contribution in [3.63, 3.8) is 0 Å². The number of carbonyl (C=O) groups is 1. The third kappa shape index (κ3) is 4.16. The van der Waals surface area contributed by atoms with Crippen molar-refractivity contribution >= 4 is 23.2 Å². The van der Waals surface area contributed by atoms with Gasteiger partial charge in [0.05, 0.1) is 17.3 Å². The smallest absolute Gasteiger partial charge is 0.422 e. The minimum Gasteiger partial charge on any atom is -0.482 e. The van der Waals surface area contributed by atoms with Crippen LogP contribution in [-0.4, -0.2) is 30.8 Å². The number of aliphatic hydroxyl groups is 1. The van der Waals surface area contributed by atoms with Gasteiger partial charge >= 0.3 is 6.18 Å². The number of fused-ring (bicyclic) bond motifs is 1. The van der Waals surface area contributed by atoms with Crippen molar-refractivity contribution < 1.29 is 32.2 Å². The lowest BCUT2D eigenvalue weighted by Crippen LogP contribution is -2.47. The number of likely N-dealkylation sites (N-methyl/N-ethyl adjacent to an activating group) is 1. The fraction of sp³-hybridized carbons (Fsp3) is 0.231. The van der Waals surface area contributed by atoms with Gasteiger partial charge in [0, 0.05) is 23.6 Å². The first-order valence-electron chi connectivity index (χ1n) is 10.7. The largest absolute Gasteiger partial charge is 0.482 e. The topological polar surface area (TPSA) is 73.6 Å². The Morgan fingerprint density at radius 3 is 2.50 bits per heavy atom. The van der Waals surface area contributed by atoms with E-state index < -0.39 is 35.0 Å². The maximum Gasteiger partial charge on any atom is 0.422 e. The molecule has 5 nitrogen and oxygen atoms in total. The molecule has 186 valence electrons. The Balaban J connectivity index is 1.80. The van der Waals surface area contributed by atoms with Gasteiger partial charge in [-0.2, -0.15) is 18.4 Å². The lowest BCUT2D eigenvalue weighted by Gasteiger charge is -2.38. The molecule has 0 bridgehead atoms. The molecular formula is C26H19ClF4N2O3. The monoisotopic (exact) mass is 518 g/mol. The predicted molar refractivity (Wildman–Crippen MR) is 125 cm³/mol.